The van der Waals surface area contributed by atoms with E-state index in [1.54, 1.807) is 0 Å². The van der Waals surface area contributed by atoms with E-state index in [-0.39, 0.29) is 5.92 Å². The summed E-state index contributed by atoms with van der Waals surface area (Å²) in [6.07, 6.45) is 5.60. The molecular weight excluding hydrogens is 316 g/mol. The van der Waals surface area contributed by atoms with Crippen molar-refractivity contribution >= 4 is 22.1 Å². The van der Waals surface area contributed by atoms with Crippen LogP contribution in [0.4, 0.5) is 0 Å². The fraction of sp³-hybridized carbons (Fsp3) is 0.240. The van der Waals surface area contributed by atoms with Gasteiger partial charge >= 0.3 is 0 Å². The van der Waals surface area contributed by atoms with Crippen molar-refractivity contribution in [2.24, 2.45) is 11.8 Å². The highest BCUT2D eigenvalue weighted by Gasteiger charge is 2.47. The van der Waals surface area contributed by atoms with Crippen molar-refractivity contribution in [3.05, 3.63) is 89.0 Å². The number of rotatable bonds is 0. The van der Waals surface area contributed by atoms with E-state index in [2.05, 4.69) is 54.6 Å². The number of Topliss-reactive ketones (excluding diaryl/α,β-unsaturated/α-hetero) is 1. The van der Waals surface area contributed by atoms with Crippen LogP contribution in [-0.4, -0.2) is 5.78 Å². The van der Waals surface area contributed by atoms with Gasteiger partial charge in [0.15, 0.2) is 5.78 Å². The van der Waals surface area contributed by atoms with E-state index >= 15 is 0 Å². The normalized spacial score (nSPS) is 25.9. The van der Waals surface area contributed by atoms with Gasteiger partial charge in [0.05, 0.1) is 0 Å². The third kappa shape index (κ3) is 1.83. The van der Waals surface area contributed by atoms with Crippen molar-refractivity contribution in [1.29, 1.82) is 0 Å². The van der Waals surface area contributed by atoms with Gasteiger partial charge in [0.2, 0.25) is 0 Å². The minimum Gasteiger partial charge on any atom is -0.294 e. The smallest absolute Gasteiger partial charge is 0.167 e. The molecule has 0 saturated heterocycles. The molecule has 0 bridgehead atoms. The number of carbonyl (C=O) groups is 1. The molecule has 0 aliphatic heterocycles. The standard InChI is InChI=1S/C25H20O/c26-25-22-8-4-3-7-18(22)21-12-11-19-20(24(21)25)10-9-17-13-15-5-1-2-6-16(15)14-23(17)19/h1-8,11,13-14,20-21,24H,9-10,12H2. The molecular formula is C25H20O. The average Bonchev–Trinajstić information content (AvgIpc) is 2.99. The van der Waals surface area contributed by atoms with Crippen molar-refractivity contribution in [2.45, 2.75) is 25.2 Å². The van der Waals surface area contributed by atoms with Gasteiger partial charge in [-0.3, -0.25) is 4.79 Å². The first kappa shape index (κ1) is 14.5. The minimum atomic E-state index is 0.145. The van der Waals surface area contributed by atoms with Crippen LogP contribution < -0.4 is 0 Å². The lowest BCUT2D eigenvalue weighted by Gasteiger charge is -2.38. The summed E-state index contributed by atoms with van der Waals surface area (Å²) >= 11 is 0. The zero-order valence-electron chi connectivity index (χ0n) is 14.6. The Morgan fingerprint density at radius 3 is 2.46 bits per heavy atom. The maximum Gasteiger partial charge on any atom is 0.167 e. The summed E-state index contributed by atoms with van der Waals surface area (Å²) in [5, 5.41) is 2.62. The first-order chi connectivity index (χ1) is 12.8. The fourth-order valence-electron chi connectivity index (χ4n) is 5.65. The second kappa shape index (κ2) is 5.17. The van der Waals surface area contributed by atoms with Crippen molar-refractivity contribution < 1.29 is 4.79 Å². The Balaban J connectivity index is 1.50. The molecule has 3 aliphatic rings. The van der Waals surface area contributed by atoms with Gasteiger partial charge in [-0.2, -0.15) is 0 Å². The van der Waals surface area contributed by atoms with Crippen LogP contribution in [0.25, 0.3) is 16.3 Å². The van der Waals surface area contributed by atoms with Crippen LogP contribution in [0.3, 0.4) is 0 Å². The average molecular weight is 336 g/mol. The van der Waals surface area contributed by atoms with Gasteiger partial charge in [-0.15, -0.1) is 0 Å². The number of benzene rings is 3. The molecule has 6 rings (SSSR count). The lowest BCUT2D eigenvalue weighted by atomic mass is 9.65. The summed E-state index contributed by atoms with van der Waals surface area (Å²) in [6, 6.07) is 21.6. The molecule has 0 spiro atoms. The molecule has 0 N–H and O–H groups in total. The zero-order chi connectivity index (χ0) is 17.3. The van der Waals surface area contributed by atoms with Crippen LogP contribution in [0.5, 0.6) is 0 Å². The molecule has 3 aromatic rings. The summed E-state index contributed by atoms with van der Waals surface area (Å²) in [5.41, 5.74) is 6.53. The molecule has 0 heterocycles. The van der Waals surface area contributed by atoms with Gasteiger partial charge in [-0.1, -0.05) is 60.7 Å². The minimum absolute atomic E-state index is 0.145. The molecule has 3 aromatic carbocycles. The zero-order valence-corrected chi connectivity index (χ0v) is 14.6. The third-order valence-corrected chi connectivity index (χ3v) is 6.79. The number of hydrogen-bond donors (Lipinski definition) is 0. The van der Waals surface area contributed by atoms with Crippen molar-refractivity contribution in [2.75, 3.05) is 0 Å². The van der Waals surface area contributed by atoms with E-state index in [1.165, 1.54) is 33.0 Å². The van der Waals surface area contributed by atoms with E-state index in [0.29, 0.717) is 17.6 Å². The molecule has 126 valence electrons. The van der Waals surface area contributed by atoms with Crippen LogP contribution in [0.2, 0.25) is 0 Å². The lowest BCUT2D eigenvalue weighted by molar-refractivity contribution is 0.0885. The predicted molar refractivity (Wildman–Crippen MR) is 105 cm³/mol. The Morgan fingerprint density at radius 1 is 0.808 bits per heavy atom. The maximum atomic E-state index is 13.2. The molecule has 1 heteroatoms. The topological polar surface area (TPSA) is 17.1 Å². The molecule has 3 unspecified atom stereocenters. The highest BCUT2D eigenvalue weighted by Crippen LogP contribution is 2.54. The Labute approximate surface area is 153 Å². The number of ketones is 1. The maximum absolute atomic E-state index is 13.2. The Morgan fingerprint density at radius 2 is 1.58 bits per heavy atom. The predicted octanol–water partition coefficient (Wildman–Crippen LogP) is 5.79. The Hall–Kier alpha value is -2.67. The van der Waals surface area contributed by atoms with Crippen LogP contribution in [0.1, 0.15) is 45.8 Å². The Kier molecular flexibility index (Phi) is 2.88. The van der Waals surface area contributed by atoms with E-state index in [1.807, 2.05) is 12.1 Å². The molecule has 3 atom stereocenters. The fourth-order valence-corrected chi connectivity index (χ4v) is 5.65. The number of allylic oxidation sites excluding steroid dienone is 2. The second-order valence-electron chi connectivity index (χ2n) is 7.98. The Bertz CT molecular complexity index is 1100. The van der Waals surface area contributed by atoms with Crippen molar-refractivity contribution in [3.63, 3.8) is 0 Å². The molecule has 0 fully saturated rings. The molecule has 3 aliphatic carbocycles. The largest absolute Gasteiger partial charge is 0.294 e. The van der Waals surface area contributed by atoms with Gasteiger partial charge in [-0.05, 0) is 70.2 Å². The van der Waals surface area contributed by atoms with E-state index in [9.17, 15) is 4.79 Å². The number of carbonyl (C=O) groups excluding carboxylic acids is 1. The van der Waals surface area contributed by atoms with Crippen LogP contribution in [0.15, 0.2) is 66.7 Å². The monoisotopic (exact) mass is 336 g/mol. The molecule has 26 heavy (non-hydrogen) atoms. The van der Waals surface area contributed by atoms with Gasteiger partial charge in [0, 0.05) is 11.5 Å². The summed E-state index contributed by atoms with van der Waals surface area (Å²) in [4.78, 5) is 13.2. The first-order valence-electron chi connectivity index (χ1n) is 9.66. The highest BCUT2D eigenvalue weighted by atomic mass is 16.1. The summed E-state index contributed by atoms with van der Waals surface area (Å²) in [6.45, 7) is 0. The van der Waals surface area contributed by atoms with Crippen LogP contribution in [-0.2, 0) is 6.42 Å². The molecule has 0 amide bonds. The summed E-state index contributed by atoms with van der Waals surface area (Å²) in [5.74, 6) is 1.29. The van der Waals surface area contributed by atoms with Crippen LogP contribution in [0, 0.1) is 11.8 Å². The van der Waals surface area contributed by atoms with E-state index in [0.717, 1.165) is 24.8 Å². The molecule has 0 radical (unpaired) electrons. The second-order valence-corrected chi connectivity index (χ2v) is 7.98. The van der Waals surface area contributed by atoms with Gasteiger partial charge < -0.3 is 0 Å². The van der Waals surface area contributed by atoms with Crippen LogP contribution >= 0.6 is 0 Å². The van der Waals surface area contributed by atoms with Gasteiger partial charge in [0.25, 0.3) is 0 Å². The number of hydrogen-bond acceptors (Lipinski definition) is 1. The molecule has 0 saturated carbocycles. The SMILES string of the molecule is O=C1c2ccccc2C2CC=C3c4cc5ccccc5cc4CCC3C12. The third-order valence-electron chi connectivity index (χ3n) is 6.79. The van der Waals surface area contributed by atoms with Gasteiger partial charge in [0.1, 0.15) is 0 Å². The highest BCUT2D eigenvalue weighted by molar-refractivity contribution is 6.05. The summed E-state index contributed by atoms with van der Waals surface area (Å²) in [7, 11) is 0. The quantitative estimate of drug-likeness (QED) is 0.508. The lowest BCUT2D eigenvalue weighted by Crippen LogP contribution is -2.31. The van der Waals surface area contributed by atoms with Crippen molar-refractivity contribution in [1.82, 2.24) is 0 Å². The molecule has 1 nitrogen and oxygen atoms in total. The summed E-state index contributed by atoms with van der Waals surface area (Å²) < 4.78 is 0. The number of fused-ring (bicyclic) bond motifs is 8. The van der Waals surface area contributed by atoms with E-state index < -0.39 is 0 Å². The van der Waals surface area contributed by atoms with Gasteiger partial charge in [-0.25, -0.2) is 0 Å². The van der Waals surface area contributed by atoms with E-state index in [4.69, 9.17) is 0 Å². The first-order valence-corrected chi connectivity index (χ1v) is 9.66. The number of aryl methyl sites for hydroxylation is 1. The molecule has 0 aromatic heterocycles. The van der Waals surface area contributed by atoms with Crippen molar-refractivity contribution in [3.8, 4) is 0 Å².